The molecule has 1 heterocycles. The van der Waals surface area contributed by atoms with Crippen molar-refractivity contribution in [3.05, 3.63) is 83.9 Å². The zero-order valence-corrected chi connectivity index (χ0v) is 14.3. The van der Waals surface area contributed by atoms with Gasteiger partial charge in [-0.05, 0) is 35.4 Å². The number of benzene rings is 3. The largest absolute Gasteiger partial charge is 0.491 e. The van der Waals surface area contributed by atoms with Crippen LogP contribution in [0.2, 0.25) is 0 Å². The summed E-state index contributed by atoms with van der Waals surface area (Å²) < 4.78 is 11.9. The highest BCUT2D eigenvalue weighted by atomic mass is 16.5. The van der Waals surface area contributed by atoms with E-state index in [1.807, 2.05) is 54.6 Å². The molecule has 2 bridgehead atoms. The average Bonchev–Trinajstić information content (AvgIpc) is 2.68. The normalized spacial score (nSPS) is 13.4. The van der Waals surface area contributed by atoms with Crippen molar-refractivity contribution in [1.29, 1.82) is 0 Å². The van der Waals surface area contributed by atoms with E-state index in [-0.39, 0.29) is 0 Å². The fourth-order valence-corrected chi connectivity index (χ4v) is 2.79. The van der Waals surface area contributed by atoms with Gasteiger partial charge in [-0.2, -0.15) is 9.98 Å². The number of fused-ring (bicyclic) bond motifs is 4. The molecule has 0 fully saturated rings. The zero-order chi connectivity index (χ0) is 17.6. The standard InChI is InChI=1S/C22H18N2O2/c1-3-10-21-19(8-1)23-16-24-20-9-2-4-11-22(20)26-15-18-7-5-6-17(14-18)12-13-25-21/h1-11,14H,12-13,15H2. The van der Waals surface area contributed by atoms with Crippen molar-refractivity contribution in [2.75, 3.05) is 6.61 Å². The fourth-order valence-electron chi connectivity index (χ4n) is 2.79. The topological polar surface area (TPSA) is 43.2 Å². The van der Waals surface area contributed by atoms with Gasteiger partial charge in [0.1, 0.15) is 35.5 Å². The van der Waals surface area contributed by atoms with Gasteiger partial charge in [0.05, 0.1) is 6.61 Å². The van der Waals surface area contributed by atoms with E-state index in [4.69, 9.17) is 9.47 Å². The molecule has 3 aromatic rings. The number of nitrogens with zero attached hydrogens (tertiary/aromatic N) is 2. The van der Waals surface area contributed by atoms with Gasteiger partial charge in [0, 0.05) is 6.42 Å². The van der Waals surface area contributed by atoms with E-state index in [0.717, 1.165) is 17.7 Å². The van der Waals surface area contributed by atoms with Gasteiger partial charge in [-0.25, -0.2) is 0 Å². The van der Waals surface area contributed by atoms with Crippen molar-refractivity contribution < 1.29 is 9.47 Å². The van der Waals surface area contributed by atoms with Crippen LogP contribution in [0.3, 0.4) is 0 Å². The summed E-state index contributed by atoms with van der Waals surface area (Å²) in [6, 6.07) is 26.4. The van der Waals surface area contributed by atoms with Gasteiger partial charge in [0.2, 0.25) is 0 Å². The zero-order valence-electron chi connectivity index (χ0n) is 14.3. The molecule has 0 saturated carbocycles. The van der Waals surface area contributed by atoms with Gasteiger partial charge in [-0.1, -0.05) is 48.5 Å². The summed E-state index contributed by atoms with van der Waals surface area (Å²) in [5.41, 5.74) is 3.73. The van der Waals surface area contributed by atoms with Crippen LogP contribution < -0.4 is 9.47 Å². The monoisotopic (exact) mass is 342 g/mol. The summed E-state index contributed by atoms with van der Waals surface area (Å²) in [6.45, 7) is 1.06. The quantitative estimate of drug-likeness (QED) is 0.553. The third-order valence-corrected chi connectivity index (χ3v) is 4.11. The first-order valence-corrected chi connectivity index (χ1v) is 8.56. The second-order valence-corrected chi connectivity index (χ2v) is 5.97. The van der Waals surface area contributed by atoms with Crippen LogP contribution in [0.4, 0.5) is 11.4 Å². The molecule has 4 nitrogen and oxygen atoms in total. The molecule has 0 saturated heterocycles. The molecule has 0 unspecified atom stereocenters. The van der Waals surface area contributed by atoms with Gasteiger partial charge in [-0.15, -0.1) is 0 Å². The molecule has 26 heavy (non-hydrogen) atoms. The van der Waals surface area contributed by atoms with Crippen molar-refractivity contribution in [3.63, 3.8) is 0 Å². The maximum Gasteiger partial charge on any atom is 0.146 e. The molecule has 0 spiro atoms. The first kappa shape index (κ1) is 16.1. The Bertz CT molecular complexity index is 975. The van der Waals surface area contributed by atoms with Crippen LogP contribution in [-0.2, 0) is 13.0 Å². The third kappa shape index (κ3) is 3.82. The lowest BCUT2D eigenvalue weighted by Crippen LogP contribution is -2.02. The molecular weight excluding hydrogens is 324 g/mol. The predicted molar refractivity (Wildman–Crippen MR) is 102 cm³/mol. The number of ether oxygens (including phenoxy) is 2. The van der Waals surface area contributed by atoms with E-state index in [9.17, 15) is 0 Å². The molecule has 3 aromatic carbocycles. The molecule has 4 heteroatoms. The van der Waals surface area contributed by atoms with Crippen LogP contribution in [-0.4, -0.2) is 12.6 Å². The first-order valence-electron chi connectivity index (χ1n) is 8.56. The molecule has 0 aliphatic carbocycles. The van der Waals surface area contributed by atoms with Gasteiger partial charge < -0.3 is 9.47 Å². The number of hydrogen-bond acceptors (Lipinski definition) is 4. The van der Waals surface area contributed by atoms with Crippen molar-refractivity contribution in [2.45, 2.75) is 13.0 Å². The molecule has 0 radical (unpaired) electrons. The highest BCUT2D eigenvalue weighted by Crippen LogP contribution is 2.29. The van der Waals surface area contributed by atoms with E-state index in [1.165, 1.54) is 5.56 Å². The van der Waals surface area contributed by atoms with Gasteiger partial charge >= 0.3 is 0 Å². The molecule has 4 rings (SSSR count). The van der Waals surface area contributed by atoms with Crippen LogP contribution in [0, 0.1) is 0 Å². The highest BCUT2D eigenvalue weighted by Gasteiger charge is 2.05. The Morgan fingerprint density at radius 3 is 2.12 bits per heavy atom. The summed E-state index contributed by atoms with van der Waals surface area (Å²) >= 11 is 0. The Morgan fingerprint density at radius 1 is 0.692 bits per heavy atom. The van der Waals surface area contributed by atoms with Crippen molar-refractivity contribution >= 4 is 17.4 Å². The van der Waals surface area contributed by atoms with Crippen LogP contribution in [0.5, 0.6) is 11.5 Å². The number of hydrogen-bond donors (Lipinski definition) is 0. The maximum absolute atomic E-state index is 5.97. The van der Waals surface area contributed by atoms with Crippen molar-refractivity contribution in [3.8, 4) is 11.5 Å². The fraction of sp³-hybridized carbons (Fsp3) is 0.136. The minimum Gasteiger partial charge on any atom is -0.491 e. The number of aliphatic imine (C=N–C) groups is 2. The lowest BCUT2D eigenvalue weighted by Gasteiger charge is -2.10. The number of rotatable bonds is 0. The molecule has 0 amide bonds. The second kappa shape index (κ2) is 7.68. The van der Waals surface area contributed by atoms with E-state index in [1.54, 1.807) is 0 Å². The SMILES string of the molecule is C1=Nc2ccccc2OCCc2cccc(c2)COc2ccccc2N=1. The lowest BCUT2D eigenvalue weighted by molar-refractivity contribution is 0.306. The predicted octanol–water partition coefficient (Wildman–Crippen LogP) is 5.34. The first-order chi connectivity index (χ1) is 12.9. The van der Waals surface area contributed by atoms with E-state index in [2.05, 4.69) is 34.2 Å². The Morgan fingerprint density at radius 2 is 1.35 bits per heavy atom. The second-order valence-electron chi connectivity index (χ2n) is 5.97. The minimum atomic E-state index is 0.485. The van der Waals surface area contributed by atoms with E-state index >= 15 is 0 Å². The third-order valence-electron chi connectivity index (χ3n) is 4.11. The molecule has 0 N–H and O–H groups in total. The molecule has 1 aliphatic heterocycles. The van der Waals surface area contributed by atoms with Gasteiger partial charge in [0.25, 0.3) is 0 Å². The molecule has 1 aliphatic rings. The van der Waals surface area contributed by atoms with Crippen LogP contribution in [0.25, 0.3) is 0 Å². The number of para-hydroxylation sites is 4. The van der Waals surface area contributed by atoms with E-state index in [0.29, 0.717) is 30.3 Å². The molecular formula is C22H18N2O2. The summed E-state index contributed by atoms with van der Waals surface area (Å²) in [5, 5.41) is 0. The summed E-state index contributed by atoms with van der Waals surface area (Å²) in [5.74, 6) is 1.44. The Labute approximate surface area is 152 Å². The lowest BCUT2D eigenvalue weighted by atomic mass is 10.1. The smallest absolute Gasteiger partial charge is 0.146 e. The Balaban J connectivity index is 1.74. The summed E-state index contributed by atoms with van der Waals surface area (Å²) in [6.07, 6.45) is 0.816. The average molecular weight is 342 g/mol. The molecule has 0 atom stereocenters. The molecule has 128 valence electrons. The van der Waals surface area contributed by atoms with Crippen LogP contribution in [0.1, 0.15) is 11.1 Å². The Hall–Kier alpha value is -3.36. The van der Waals surface area contributed by atoms with Crippen molar-refractivity contribution in [1.82, 2.24) is 0 Å². The molecule has 0 aromatic heterocycles. The van der Waals surface area contributed by atoms with Gasteiger partial charge in [-0.3, -0.25) is 0 Å². The minimum absolute atomic E-state index is 0.485. The Kier molecular flexibility index (Phi) is 4.77. The van der Waals surface area contributed by atoms with E-state index < -0.39 is 0 Å². The summed E-state index contributed by atoms with van der Waals surface area (Å²) in [7, 11) is 0. The summed E-state index contributed by atoms with van der Waals surface area (Å²) in [4.78, 5) is 8.66. The van der Waals surface area contributed by atoms with Crippen LogP contribution >= 0.6 is 0 Å². The van der Waals surface area contributed by atoms with Gasteiger partial charge in [0.15, 0.2) is 0 Å². The highest BCUT2D eigenvalue weighted by molar-refractivity contribution is 5.64. The van der Waals surface area contributed by atoms with Crippen LogP contribution in [0.15, 0.2) is 82.8 Å². The van der Waals surface area contributed by atoms with Crippen molar-refractivity contribution in [2.24, 2.45) is 9.98 Å². The maximum atomic E-state index is 5.97.